The summed E-state index contributed by atoms with van der Waals surface area (Å²) in [5, 5.41) is 0. The first-order chi connectivity index (χ1) is 16.9. The van der Waals surface area contributed by atoms with Gasteiger partial charge in [0.05, 0.1) is 0 Å². The van der Waals surface area contributed by atoms with Crippen molar-refractivity contribution < 1.29 is 14.3 Å². The van der Waals surface area contributed by atoms with Gasteiger partial charge in [0.15, 0.2) is 5.78 Å². The van der Waals surface area contributed by atoms with Crippen molar-refractivity contribution in [2.75, 3.05) is 0 Å². The van der Waals surface area contributed by atoms with E-state index in [1.807, 2.05) is 6.08 Å². The molecule has 0 bridgehead atoms. The largest absolute Gasteiger partial charge is 0.462 e. The summed E-state index contributed by atoms with van der Waals surface area (Å²) >= 11 is 0. The Morgan fingerprint density at radius 3 is 2.31 bits per heavy atom. The number of carbonyl (C=O) groups is 2. The van der Waals surface area contributed by atoms with Gasteiger partial charge in [-0.1, -0.05) is 90.2 Å². The molecule has 4 aliphatic carbocycles. The predicted octanol–water partition coefficient (Wildman–Crippen LogP) is 8.52. The number of hydrogen-bond acceptors (Lipinski definition) is 3. The number of ketones is 1. The van der Waals surface area contributed by atoms with Gasteiger partial charge in [-0.05, 0) is 74.9 Å². The fourth-order valence-corrected chi connectivity index (χ4v) is 8.32. The smallest absolute Gasteiger partial charge is 0.306 e. The van der Waals surface area contributed by atoms with Gasteiger partial charge in [-0.2, -0.15) is 0 Å². The Kier molecular flexibility index (Phi) is 8.98. The molecule has 0 radical (unpaired) electrons. The van der Waals surface area contributed by atoms with Crippen molar-refractivity contribution in [3.63, 3.8) is 0 Å². The van der Waals surface area contributed by atoms with Crippen molar-refractivity contribution in [3.8, 4) is 0 Å². The number of allylic oxidation sites excluding steroid dienone is 4. The first-order valence-corrected chi connectivity index (χ1v) is 15.0. The number of ether oxygens (including phenoxy) is 1. The van der Waals surface area contributed by atoms with E-state index in [1.54, 1.807) is 6.08 Å². The molecule has 0 amide bonds. The van der Waals surface area contributed by atoms with Gasteiger partial charge in [-0.25, -0.2) is 0 Å². The summed E-state index contributed by atoms with van der Waals surface area (Å²) < 4.78 is 6.18. The van der Waals surface area contributed by atoms with Crippen molar-refractivity contribution >= 4 is 11.8 Å². The molecule has 3 saturated carbocycles. The van der Waals surface area contributed by atoms with Gasteiger partial charge in [0.1, 0.15) is 6.10 Å². The van der Waals surface area contributed by atoms with Crippen molar-refractivity contribution in [2.24, 2.45) is 28.6 Å². The van der Waals surface area contributed by atoms with Crippen molar-refractivity contribution in [3.05, 3.63) is 23.8 Å². The molecule has 4 aliphatic rings. The summed E-state index contributed by atoms with van der Waals surface area (Å²) in [6, 6.07) is 0. The van der Waals surface area contributed by atoms with Gasteiger partial charge >= 0.3 is 5.97 Å². The van der Waals surface area contributed by atoms with Crippen molar-refractivity contribution in [2.45, 2.75) is 136 Å². The number of carbonyl (C=O) groups excluding carboxylic acids is 2. The average Bonchev–Trinajstić information content (AvgIpc) is 3.16. The molecule has 0 aromatic carbocycles. The maximum atomic E-state index is 12.7. The number of hydrogen-bond donors (Lipinski definition) is 0. The van der Waals surface area contributed by atoms with Gasteiger partial charge < -0.3 is 4.74 Å². The number of unbranched alkanes of at least 4 members (excludes halogenated alkanes) is 9. The van der Waals surface area contributed by atoms with Crippen molar-refractivity contribution in [1.29, 1.82) is 0 Å². The molecule has 6 atom stereocenters. The van der Waals surface area contributed by atoms with Crippen LogP contribution in [0.4, 0.5) is 0 Å². The lowest BCUT2D eigenvalue weighted by Gasteiger charge is -2.56. The maximum absolute atomic E-state index is 12.7. The molecule has 3 fully saturated rings. The lowest BCUT2D eigenvalue weighted by Crippen LogP contribution is -2.51. The van der Waals surface area contributed by atoms with E-state index in [0.29, 0.717) is 24.2 Å². The average molecular weight is 483 g/mol. The zero-order valence-corrected chi connectivity index (χ0v) is 22.8. The highest BCUT2D eigenvalue weighted by Crippen LogP contribution is 2.64. The van der Waals surface area contributed by atoms with Crippen LogP contribution in [0.3, 0.4) is 0 Å². The molecule has 0 N–H and O–H groups in total. The third-order valence-corrected chi connectivity index (χ3v) is 10.5. The molecule has 0 unspecified atom stereocenters. The third-order valence-electron chi connectivity index (χ3n) is 10.5. The minimum absolute atomic E-state index is 0.0353. The Morgan fingerprint density at radius 1 is 0.914 bits per heavy atom. The van der Waals surface area contributed by atoms with Crippen LogP contribution in [0, 0.1) is 28.6 Å². The Morgan fingerprint density at radius 2 is 1.60 bits per heavy atom. The highest BCUT2D eigenvalue weighted by Gasteiger charge is 2.59. The summed E-state index contributed by atoms with van der Waals surface area (Å²) in [5.41, 5.74) is 1.52. The van der Waals surface area contributed by atoms with Crippen LogP contribution in [0.25, 0.3) is 0 Å². The van der Waals surface area contributed by atoms with E-state index in [-0.39, 0.29) is 28.7 Å². The number of rotatable bonds is 12. The SMILES string of the molecule is CCCCCCCCCCCCC(=O)O[C@H]1CC[C@H]2[C@@H]3CCC4=CC(=O)C=C[C@]4(C)[C@H]3CC[C@]12C. The first-order valence-electron chi connectivity index (χ1n) is 15.0. The van der Waals surface area contributed by atoms with Gasteiger partial charge in [-0.3, -0.25) is 9.59 Å². The lowest BCUT2D eigenvalue weighted by atomic mass is 9.48. The minimum atomic E-state index is 0.0353. The Labute approximate surface area is 214 Å². The molecular weight excluding hydrogens is 432 g/mol. The monoisotopic (exact) mass is 482 g/mol. The zero-order valence-electron chi connectivity index (χ0n) is 22.8. The fourth-order valence-electron chi connectivity index (χ4n) is 8.32. The van der Waals surface area contributed by atoms with Crippen LogP contribution in [0.15, 0.2) is 23.8 Å². The maximum Gasteiger partial charge on any atom is 0.306 e. The molecule has 0 saturated heterocycles. The van der Waals surface area contributed by atoms with Crippen molar-refractivity contribution in [1.82, 2.24) is 0 Å². The Balaban J connectivity index is 1.21. The summed E-state index contributed by atoms with van der Waals surface area (Å²) in [6.45, 7) is 7.04. The second kappa shape index (κ2) is 11.8. The normalized spacial score (nSPS) is 35.7. The Bertz CT molecular complexity index is 810. The van der Waals surface area contributed by atoms with E-state index in [9.17, 15) is 9.59 Å². The molecule has 3 nitrogen and oxygen atoms in total. The van der Waals surface area contributed by atoms with E-state index in [1.165, 1.54) is 76.2 Å². The summed E-state index contributed by atoms with van der Waals surface area (Å²) in [4.78, 5) is 24.7. The van der Waals surface area contributed by atoms with Gasteiger partial charge in [0.25, 0.3) is 0 Å². The van der Waals surface area contributed by atoms with E-state index < -0.39 is 0 Å². The van der Waals surface area contributed by atoms with Crippen LogP contribution >= 0.6 is 0 Å². The fraction of sp³-hybridized carbons (Fsp3) is 0.812. The molecule has 196 valence electrons. The molecule has 4 rings (SSSR count). The highest BCUT2D eigenvalue weighted by molar-refractivity contribution is 6.01. The first kappa shape index (κ1) is 26.7. The second-order valence-corrected chi connectivity index (χ2v) is 12.6. The van der Waals surface area contributed by atoms with Crippen LogP contribution in [0.2, 0.25) is 0 Å². The molecular formula is C32H50O3. The highest BCUT2D eigenvalue weighted by atomic mass is 16.5. The zero-order chi connectivity index (χ0) is 24.9. The summed E-state index contributed by atoms with van der Waals surface area (Å²) in [6.07, 6.45) is 26.3. The quantitative estimate of drug-likeness (QED) is 0.207. The Hall–Kier alpha value is -1.38. The predicted molar refractivity (Wildman–Crippen MR) is 143 cm³/mol. The van der Waals surface area contributed by atoms with E-state index in [4.69, 9.17) is 4.74 Å². The minimum Gasteiger partial charge on any atom is -0.462 e. The van der Waals surface area contributed by atoms with Crippen LogP contribution in [0.5, 0.6) is 0 Å². The summed E-state index contributed by atoms with van der Waals surface area (Å²) in [7, 11) is 0. The molecule has 0 heterocycles. The molecule has 0 aliphatic heterocycles. The molecule has 3 heteroatoms. The van der Waals surface area contributed by atoms with Crippen LogP contribution in [-0.2, 0) is 14.3 Å². The van der Waals surface area contributed by atoms with Crippen LogP contribution < -0.4 is 0 Å². The van der Waals surface area contributed by atoms with E-state index in [2.05, 4.69) is 26.8 Å². The van der Waals surface area contributed by atoms with E-state index >= 15 is 0 Å². The standard InChI is InChI=1S/C32H50O3/c1-4-5-6-7-8-9-10-11-12-13-14-30(34)35-29-18-17-27-26-16-15-24-23-25(33)19-21-31(24,2)28(26)20-22-32(27,29)3/h19,21,23,26-29H,4-18,20,22H2,1-3H3/t26-,27-,28-,29-,31-,32-/m0/s1. The van der Waals surface area contributed by atoms with E-state index in [0.717, 1.165) is 32.1 Å². The van der Waals surface area contributed by atoms with Crippen LogP contribution in [-0.4, -0.2) is 17.9 Å². The second-order valence-electron chi connectivity index (χ2n) is 12.6. The third kappa shape index (κ3) is 5.80. The number of esters is 1. The number of fused-ring (bicyclic) bond motifs is 5. The van der Waals surface area contributed by atoms with Gasteiger partial charge in [0, 0.05) is 17.3 Å². The summed E-state index contributed by atoms with van der Waals surface area (Å²) in [5.74, 6) is 2.13. The van der Waals surface area contributed by atoms with Gasteiger partial charge in [0.2, 0.25) is 0 Å². The topological polar surface area (TPSA) is 43.4 Å². The lowest BCUT2D eigenvalue weighted by molar-refractivity contribution is -0.159. The van der Waals surface area contributed by atoms with Gasteiger partial charge in [-0.15, -0.1) is 0 Å². The molecule has 35 heavy (non-hydrogen) atoms. The molecule has 0 spiro atoms. The molecule has 0 aromatic heterocycles. The molecule has 0 aromatic rings. The van der Waals surface area contributed by atoms with Crippen LogP contribution in [0.1, 0.15) is 130 Å².